The van der Waals surface area contributed by atoms with E-state index >= 15 is 0 Å². The molecule has 0 fully saturated rings. The van der Waals surface area contributed by atoms with Gasteiger partial charge in [-0.2, -0.15) is 18.3 Å². The van der Waals surface area contributed by atoms with Crippen molar-refractivity contribution in [1.29, 1.82) is 0 Å². The van der Waals surface area contributed by atoms with Gasteiger partial charge in [0.2, 0.25) is 5.91 Å². The first-order valence-corrected chi connectivity index (χ1v) is 11.2. The molecule has 1 amide bonds. The number of ether oxygens (including phenoxy) is 2. The van der Waals surface area contributed by atoms with Gasteiger partial charge < -0.3 is 9.47 Å². The van der Waals surface area contributed by atoms with E-state index in [2.05, 4.69) is 26.5 Å². The third kappa shape index (κ3) is 7.34. The van der Waals surface area contributed by atoms with Crippen molar-refractivity contribution in [3.8, 4) is 11.5 Å². The maximum atomic E-state index is 12.8. The highest BCUT2D eigenvalue weighted by atomic mass is 79.9. The lowest BCUT2D eigenvalue weighted by atomic mass is 10.1. The van der Waals surface area contributed by atoms with Gasteiger partial charge in [-0.3, -0.25) is 4.79 Å². The zero-order valence-corrected chi connectivity index (χ0v) is 19.8. The molecule has 0 heterocycles. The lowest BCUT2D eigenvalue weighted by Gasteiger charge is -2.14. The molecule has 0 aromatic heterocycles. The summed E-state index contributed by atoms with van der Waals surface area (Å²) in [6.45, 7) is 2.63. The summed E-state index contributed by atoms with van der Waals surface area (Å²) in [6.07, 6.45) is -3.28. The van der Waals surface area contributed by atoms with Crippen molar-refractivity contribution in [2.45, 2.75) is 26.1 Å². The van der Waals surface area contributed by atoms with Crippen LogP contribution in [-0.2, 0) is 24.0 Å². The number of halogens is 4. The van der Waals surface area contributed by atoms with E-state index in [1.54, 1.807) is 12.1 Å². The van der Waals surface area contributed by atoms with E-state index in [-0.39, 0.29) is 12.0 Å². The van der Waals surface area contributed by atoms with Crippen LogP contribution in [0.4, 0.5) is 13.2 Å². The third-order valence-corrected chi connectivity index (χ3v) is 5.17. The van der Waals surface area contributed by atoms with E-state index in [0.29, 0.717) is 34.7 Å². The Morgan fingerprint density at radius 1 is 1.03 bits per heavy atom. The van der Waals surface area contributed by atoms with Gasteiger partial charge in [-0.05, 0) is 57.7 Å². The second-order valence-electron chi connectivity index (χ2n) is 7.21. The lowest BCUT2D eigenvalue weighted by molar-refractivity contribution is -0.137. The van der Waals surface area contributed by atoms with Crippen LogP contribution in [0.3, 0.4) is 0 Å². The molecule has 3 aromatic rings. The SMILES string of the molecule is CCOc1cc(/C=N\NC(=O)Cc2cccc(C(F)(F)F)c2)cc(Br)c1OCc1ccccc1. The summed E-state index contributed by atoms with van der Waals surface area (Å²) in [6, 6.07) is 17.8. The molecule has 178 valence electrons. The number of nitrogens with zero attached hydrogens (tertiary/aromatic N) is 1. The molecule has 0 saturated carbocycles. The number of amides is 1. The second-order valence-corrected chi connectivity index (χ2v) is 8.06. The summed E-state index contributed by atoms with van der Waals surface area (Å²) < 4.78 is 50.8. The smallest absolute Gasteiger partial charge is 0.416 e. The first-order chi connectivity index (χ1) is 16.3. The number of benzene rings is 3. The number of carbonyl (C=O) groups excluding carboxylic acids is 1. The number of nitrogens with one attached hydrogen (secondary N) is 1. The van der Waals surface area contributed by atoms with Gasteiger partial charge in [0.05, 0.1) is 29.3 Å². The number of hydrogen-bond donors (Lipinski definition) is 1. The minimum absolute atomic E-state index is 0.235. The van der Waals surface area contributed by atoms with Gasteiger partial charge in [-0.1, -0.05) is 48.5 Å². The Morgan fingerprint density at radius 2 is 1.76 bits per heavy atom. The van der Waals surface area contributed by atoms with Gasteiger partial charge >= 0.3 is 6.18 Å². The molecule has 0 spiro atoms. The van der Waals surface area contributed by atoms with E-state index in [1.165, 1.54) is 18.3 Å². The van der Waals surface area contributed by atoms with Gasteiger partial charge in [0.25, 0.3) is 0 Å². The topological polar surface area (TPSA) is 59.9 Å². The van der Waals surface area contributed by atoms with Crippen LogP contribution in [0.2, 0.25) is 0 Å². The minimum Gasteiger partial charge on any atom is -0.490 e. The molecular weight excluding hydrogens is 513 g/mol. The van der Waals surface area contributed by atoms with E-state index in [0.717, 1.165) is 17.7 Å². The van der Waals surface area contributed by atoms with Gasteiger partial charge in [-0.25, -0.2) is 5.43 Å². The lowest BCUT2D eigenvalue weighted by Crippen LogP contribution is -2.20. The number of hydrazone groups is 1. The summed E-state index contributed by atoms with van der Waals surface area (Å²) in [5.41, 5.74) is 3.40. The van der Waals surface area contributed by atoms with Crippen molar-refractivity contribution < 1.29 is 27.4 Å². The summed E-state index contributed by atoms with van der Waals surface area (Å²) in [5, 5.41) is 3.91. The van der Waals surface area contributed by atoms with Gasteiger partial charge in [0.15, 0.2) is 11.5 Å². The van der Waals surface area contributed by atoms with Crippen LogP contribution in [0.1, 0.15) is 29.2 Å². The monoisotopic (exact) mass is 534 g/mol. The average molecular weight is 535 g/mol. The molecule has 0 aliphatic heterocycles. The summed E-state index contributed by atoms with van der Waals surface area (Å²) in [7, 11) is 0. The summed E-state index contributed by atoms with van der Waals surface area (Å²) in [5.74, 6) is 0.503. The van der Waals surface area contributed by atoms with Crippen LogP contribution >= 0.6 is 15.9 Å². The van der Waals surface area contributed by atoms with Gasteiger partial charge in [0, 0.05) is 0 Å². The van der Waals surface area contributed by atoms with Gasteiger partial charge in [-0.15, -0.1) is 0 Å². The maximum absolute atomic E-state index is 12.8. The van der Waals surface area contributed by atoms with Crippen LogP contribution < -0.4 is 14.9 Å². The number of alkyl halides is 3. The Morgan fingerprint density at radius 3 is 2.47 bits per heavy atom. The molecular formula is C25H22BrF3N2O3. The van der Waals surface area contributed by atoms with Crippen molar-refractivity contribution in [3.05, 3.63) is 93.5 Å². The Hall–Kier alpha value is -3.33. The molecule has 9 heteroatoms. The van der Waals surface area contributed by atoms with Crippen molar-refractivity contribution >= 4 is 28.1 Å². The zero-order valence-electron chi connectivity index (χ0n) is 18.2. The first kappa shape index (κ1) is 25.3. The highest BCUT2D eigenvalue weighted by Gasteiger charge is 2.30. The zero-order chi connectivity index (χ0) is 24.6. The largest absolute Gasteiger partial charge is 0.490 e. The molecule has 0 aliphatic carbocycles. The van der Waals surface area contributed by atoms with Crippen molar-refractivity contribution in [3.63, 3.8) is 0 Å². The van der Waals surface area contributed by atoms with Crippen LogP contribution in [0.5, 0.6) is 11.5 Å². The van der Waals surface area contributed by atoms with Crippen molar-refractivity contribution in [1.82, 2.24) is 5.43 Å². The molecule has 5 nitrogen and oxygen atoms in total. The molecule has 0 bridgehead atoms. The summed E-state index contributed by atoms with van der Waals surface area (Å²) in [4.78, 5) is 12.1. The molecule has 1 N–H and O–H groups in total. The Bertz CT molecular complexity index is 1150. The third-order valence-electron chi connectivity index (χ3n) is 4.58. The standard InChI is InChI=1S/C25H22BrF3N2O3/c1-2-33-22-13-19(12-21(26)24(22)34-16-17-7-4-3-5-8-17)15-30-31-23(32)14-18-9-6-10-20(11-18)25(27,28)29/h3-13,15H,2,14,16H2,1H3,(H,31,32)/b30-15-. The molecule has 0 unspecified atom stereocenters. The van der Waals surface area contributed by atoms with E-state index in [4.69, 9.17) is 9.47 Å². The second kappa shape index (κ2) is 11.7. The summed E-state index contributed by atoms with van der Waals surface area (Å²) >= 11 is 3.48. The fraction of sp³-hybridized carbons (Fsp3) is 0.200. The molecule has 3 rings (SSSR count). The van der Waals surface area contributed by atoms with Gasteiger partial charge in [0.1, 0.15) is 6.61 Å². The Labute approximate surface area is 203 Å². The molecule has 0 saturated heterocycles. The van der Waals surface area contributed by atoms with E-state index in [1.807, 2.05) is 37.3 Å². The number of rotatable bonds is 9. The molecule has 0 aliphatic rings. The number of hydrogen-bond acceptors (Lipinski definition) is 4. The maximum Gasteiger partial charge on any atom is 0.416 e. The van der Waals surface area contributed by atoms with Crippen molar-refractivity contribution in [2.24, 2.45) is 5.10 Å². The highest BCUT2D eigenvalue weighted by Crippen LogP contribution is 2.37. The van der Waals surface area contributed by atoms with E-state index in [9.17, 15) is 18.0 Å². The van der Waals surface area contributed by atoms with Crippen molar-refractivity contribution in [2.75, 3.05) is 6.61 Å². The van der Waals surface area contributed by atoms with E-state index < -0.39 is 17.6 Å². The molecule has 34 heavy (non-hydrogen) atoms. The van der Waals surface area contributed by atoms with Crippen LogP contribution in [0.15, 0.2) is 76.3 Å². The fourth-order valence-corrected chi connectivity index (χ4v) is 3.63. The Kier molecular flexibility index (Phi) is 8.70. The average Bonchev–Trinajstić information content (AvgIpc) is 2.79. The predicted molar refractivity (Wildman–Crippen MR) is 127 cm³/mol. The molecule has 0 radical (unpaired) electrons. The Balaban J connectivity index is 1.65. The van der Waals surface area contributed by atoms with Crippen LogP contribution in [0, 0.1) is 0 Å². The highest BCUT2D eigenvalue weighted by molar-refractivity contribution is 9.10. The molecule has 0 atom stereocenters. The van der Waals surface area contributed by atoms with Crippen LogP contribution in [-0.4, -0.2) is 18.7 Å². The van der Waals surface area contributed by atoms with Crippen LogP contribution in [0.25, 0.3) is 0 Å². The predicted octanol–water partition coefficient (Wildman–Crippen LogP) is 6.14. The normalized spacial score (nSPS) is 11.4. The minimum atomic E-state index is -4.47. The quantitative estimate of drug-likeness (QED) is 0.265. The fourth-order valence-electron chi connectivity index (χ4n) is 3.06. The number of carbonyl (C=O) groups is 1. The first-order valence-electron chi connectivity index (χ1n) is 10.4. The molecule has 3 aromatic carbocycles.